The first-order chi connectivity index (χ1) is 13.8. The van der Waals surface area contributed by atoms with Crippen molar-refractivity contribution in [2.45, 2.75) is 10.5 Å². The summed E-state index contributed by atoms with van der Waals surface area (Å²) in [5, 5.41) is 13.0. The van der Waals surface area contributed by atoms with Gasteiger partial charge in [-0.05, 0) is 41.8 Å². The van der Waals surface area contributed by atoms with Crippen molar-refractivity contribution < 1.29 is 32.2 Å². The molecular formula is C19H19NO7S2. The maximum atomic E-state index is 13.0. The zero-order valence-corrected chi connectivity index (χ0v) is 17.2. The smallest absolute Gasteiger partial charge is 0.337 e. The number of hydrogen-bond acceptors (Lipinski definition) is 8. The van der Waals surface area contributed by atoms with Crippen molar-refractivity contribution in [3.8, 4) is 5.75 Å². The molecule has 2 heterocycles. The van der Waals surface area contributed by atoms with Gasteiger partial charge in [0.2, 0.25) is 10.0 Å². The molecule has 1 atom stereocenters. The number of aliphatic hydroxyl groups is 1. The van der Waals surface area contributed by atoms with Gasteiger partial charge in [0.15, 0.2) is 5.60 Å². The molecule has 3 rings (SSSR count). The Bertz CT molecular complexity index is 1040. The summed E-state index contributed by atoms with van der Waals surface area (Å²) in [6.45, 7) is -0.394. The highest BCUT2D eigenvalue weighted by Crippen LogP contribution is 2.33. The third kappa shape index (κ3) is 4.20. The maximum absolute atomic E-state index is 13.0. The molecule has 0 radical (unpaired) electrons. The summed E-state index contributed by atoms with van der Waals surface area (Å²) in [5.74, 6) is -0.449. The van der Waals surface area contributed by atoms with Crippen LogP contribution < -0.4 is 9.46 Å². The summed E-state index contributed by atoms with van der Waals surface area (Å²) in [6, 6.07) is 10.5. The molecule has 29 heavy (non-hydrogen) atoms. The first kappa shape index (κ1) is 21.1. The minimum Gasteiger partial charge on any atom is -0.495 e. The molecule has 0 aliphatic heterocycles. The summed E-state index contributed by atoms with van der Waals surface area (Å²) < 4.78 is 43.5. The maximum Gasteiger partial charge on any atom is 0.337 e. The fraction of sp³-hybridized carbons (Fsp3) is 0.211. The number of methoxy groups -OCH3 is 2. The lowest BCUT2D eigenvalue weighted by Gasteiger charge is -2.25. The highest BCUT2D eigenvalue weighted by atomic mass is 32.2. The zero-order valence-electron chi connectivity index (χ0n) is 15.6. The lowest BCUT2D eigenvalue weighted by atomic mass is 9.99. The summed E-state index contributed by atoms with van der Waals surface area (Å²) >= 11 is 1.26. The predicted molar refractivity (Wildman–Crippen MR) is 106 cm³/mol. The zero-order chi connectivity index (χ0) is 21.1. The largest absolute Gasteiger partial charge is 0.495 e. The highest BCUT2D eigenvalue weighted by molar-refractivity contribution is 7.89. The van der Waals surface area contributed by atoms with Gasteiger partial charge in [0.05, 0.1) is 32.6 Å². The van der Waals surface area contributed by atoms with Gasteiger partial charge in [-0.25, -0.2) is 17.9 Å². The van der Waals surface area contributed by atoms with E-state index in [1.165, 1.54) is 44.0 Å². The fourth-order valence-corrected chi connectivity index (χ4v) is 4.81. The molecule has 0 aliphatic rings. The van der Waals surface area contributed by atoms with Crippen LogP contribution in [0.4, 0.5) is 0 Å². The van der Waals surface area contributed by atoms with Gasteiger partial charge in [-0.3, -0.25) is 0 Å². The van der Waals surface area contributed by atoms with Crippen molar-refractivity contribution in [2.75, 3.05) is 20.8 Å². The summed E-state index contributed by atoms with van der Waals surface area (Å²) in [4.78, 5) is 12.0. The van der Waals surface area contributed by atoms with Crippen molar-refractivity contribution in [3.05, 3.63) is 70.3 Å². The molecule has 154 valence electrons. The number of benzene rings is 1. The number of sulfonamides is 1. The van der Waals surface area contributed by atoms with E-state index in [0.717, 1.165) is 6.07 Å². The summed E-state index contributed by atoms with van der Waals surface area (Å²) in [6.07, 6.45) is 1.39. The van der Waals surface area contributed by atoms with E-state index in [9.17, 15) is 18.3 Å². The van der Waals surface area contributed by atoms with Crippen LogP contribution in [-0.2, 0) is 20.4 Å². The van der Waals surface area contributed by atoms with Crippen LogP contribution in [0.1, 0.15) is 21.0 Å². The number of furan rings is 1. The van der Waals surface area contributed by atoms with Crippen LogP contribution in [0, 0.1) is 0 Å². The second-order valence-corrected chi connectivity index (χ2v) is 8.68. The Morgan fingerprint density at radius 1 is 1.24 bits per heavy atom. The van der Waals surface area contributed by atoms with Gasteiger partial charge < -0.3 is 19.0 Å². The quantitative estimate of drug-likeness (QED) is 0.520. The van der Waals surface area contributed by atoms with E-state index in [-0.39, 0.29) is 22.0 Å². The number of rotatable bonds is 8. The molecule has 1 aromatic carbocycles. The molecule has 0 amide bonds. The molecule has 0 spiro atoms. The third-order valence-electron chi connectivity index (χ3n) is 4.25. The van der Waals surface area contributed by atoms with Gasteiger partial charge in [-0.15, -0.1) is 11.3 Å². The van der Waals surface area contributed by atoms with E-state index in [2.05, 4.69) is 9.46 Å². The molecule has 0 bridgehead atoms. The summed E-state index contributed by atoms with van der Waals surface area (Å²) in [5.41, 5.74) is -1.66. The monoisotopic (exact) mass is 437 g/mol. The topological polar surface area (TPSA) is 115 Å². The van der Waals surface area contributed by atoms with Crippen LogP contribution in [0.15, 0.2) is 63.4 Å². The standard InChI is InChI=1S/C19H19NO7S2/c1-25-14-8-7-13(18(21)26-2)11-15(14)29(23,24)20-12-19(22,16-5-3-9-27-16)17-6-4-10-28-17/h3-11,20,22H,12H2,1-2H3/t19-/m0/s1. The van der Waals surface area contributed by atoms with Crippen molar-refractivity contribution in [3.63, 3.8) is 0 Å². The molecule has 0 aliphatic carbocycles. The Labute approximate surface area is 171 Å². The number of hydrogen-bond donors (Lipinski definition) is 2. The number of carbonyl (C=O) groups excluding carboxylic acids is 1. The lowest BCUT2D eigenvalue weighted by molar-refractivity contribution is 0.0600. The normalized spacial score (nSPS) is 13.6. The van der Waals surface area contributed by atoms with Gasteiger partial charge in [0.1, 0.15) is 16.4 Å². The van der Waals surface area contributed by atoms with Crippen LogP contribution in [0.3, 0.4) is 0 Å². The van der Waals surface area contributed by atoms with Crippen LogP contribution in [0.25, 0.3) is 0 Å². The van der Waals surface area contributed by atoms with E-state index in [4.69, 9.17) is 9.15 Å². The second-order valence-electron chi connectivity index (χ2n) is 6.00. The van der Waals surface area contributed by atoms with E-state index in [0.29, 0.717) is 4.88 Å². The van der Waals surface area contributed by atoms with Crippen molar-refractivity contribution in [1.29, 1.82) is 0 Å². The Kier molecular flexibility index (Phi) is 6.08. The predicted octanol–water partition coefficient (Wildman–Crippen LogP) is 2.35. The van der Waals surface area contributed by atoms with Gasteiger partial charge in [0.25, 0.3) is 0 Å². The van der Waals surface area contributed by atoms with Gasteiger partial charge in [0, 0.05) is 4.88 Å². The van der Waals surface area contributed by atoms with Crippen LogP contribution in [0.5, 0.6) is 5.75 Å². The Hall–Kier alpha value is -2.66. The number of nitrogens with one attached hydrogen (secondary N) is 1. The minimum atomic E-state index is -4.16. The first-order valence-electron chi connectivity index (χ1n) is 8.38. The van der Waals surface area contributed by atoms with Crippen LogP contribution in [0.2, 0.25) is 0 Å². The Morgan fingerprint density at radius 2 is 2.03 bits per heavy atom. The number of thiophene rings is 1. The van der Waals surface area contributed by atoms with Crippen molar-refractivity contribution >= 4 is 27.3 Å². The molecule has 0 unspecified atom stereocenters. The van der Waals surface area contributed by atoms with Crippen LogP contribution in [-0.4, -0.2) is 40.3 Å². The SMILES string of the molecule is COC(=O)c1ccc(OC)c(S(=O)(=O)NC[C@](O)(c2ccco2)c2cccs2)c1. The van der Waals surface area contributed by atoms with Gasteiger partial charge in [-0.1, -0.05) is 6.07 Å². The molecule has 8 nitrogen and oxygen atoms in total. The van der Waals surface area contributed by atoms with Gasteiger partial charge in [-0.2, -0.15) is 0 Å². The summed E-state index contributed by atoms with van der Waals surface area (Å²) in [7, 11) is -1.65. The van der Waals surface area contributed by atoms with Gasteiger partial charge >= 0.3 is 5.97 Å². The number of carbonyl (C=O) groups is 1. The van der Waals surface area contributed by atoms with Crippen LogP contribution >= 0.6 is 11.3 Å². The molecule has 3 aromatic rings. The molecular weight excluding hydrogens is 418 g/mol. The van der Waals surface area contributed by atoms with Crippen molar-refractivity contribution in [2.24, 2.45) is 0 Å². The fourth-order valence-electron chi connectivity index (χ4n) is 2.73. The van der Waals surface area contributed by atoms with E-state index < -0.39 is 28.1 Å². The Morgan fingerprint density at radius 3 is 2.62 bits per heavy atom. The minimum absolute atomic E-state index is 0.0443. The third-order valence-corrected chi connectivity index (χ3v) is 6.69. The molecule has 0 fully saturated rings. The molecule has 0 saturated heterocycles. The van der Waals surface area contributed by atoms with E-state index in [1.807, 2.05) is 0 Å². The molecule has 0 saturated carbocycles. The second kappa shape index (κ2) is 8.37. The van der Waals surface area contributed by atoms with E-state index in [1.54, 1.807) is 29.6 Å². The molecule has 10 heteroatoms. The average molecular weight is 437 g/mol. The molecule has 2 aromatic heterocycles. The average Bonchev–Trinajstić information content (AvgIpc) is 3.45. The highest BCUT2D eigenvalue weighted by Gasteiger charge is 2.37. The molecule has 2 N–H and O–H groups in total. The number of esters is 1. The Balaban J connectivity index is 1.96. The van der Waals surface area contributed by atoms with Crippen molar-refractivity contribution in [1.82, 2.24) is 4.72 Å². The van der Waals surface area contributed by atoms with E-state index >= 15 is 0 Å². The lowest BCUT2D eigenvalue weighted by Crippen LogP contribution is -2.41. The number of ether oxygens (including phenoxy) is 2. The first-order valence-corrected chi connectivity index (χ1v) is 10.7.